The lowest BCUT2D eigenvalue weighted by Gasteiger charge is -2.27. The molecule has 3 aliphatic rings. The van der Waals surface area contributed by atoms with E-state index in [0.717, 1.165) is 5.56 Å². The quantitative estimate of drug-likeness (QED) is 0.248. The summed E-state index contributed by atoms with van der Waals surface area (Å²) in [6.45, 7) is 6.52. The Bertz CT molecular complexity index is 1200. The van der Waals surface area contributed by atoms with Crippen molar-refractivity contribution < 1.29 is 42.5 Å². The summed E-state index contributed by atoms with van der Waals surface area (Å²) in [5, 5.41) is 8.29. The Morgan fingerprint density at radius 2 is 1.70 bits per heavy atom. The minimum atomic E-state index is -1.07. The molecule has 5 unspecified atom stereocenters. The van der Waals surface area contributed by atoms with Crippen LogP contribution in [0, 0.1) is 5.92 Å². The standard InChI is InChI=1S/C30H43N5O8.3H2/c1-19(31-25(36)17-35-11-13-42-14-12-35)27(38)33-24(15-20-5-7-22(41-4)8-6-20)28(39)32-23(26(37)30(2)18-43-30)16-21-9-10-34(3)29(21)40;;;/h5-8,19,21,23-24H,9-18H2,1-4H3,(H,31,36)(H,32,39)(H,33,38);3*1H. The van der Waals surface area contributed by atoms with Crippen LogP contribution >= 0.6 is 0 Å². The zero-order chi connectivity index (χ0) is 31.1. The number of nitrogens with one attached hydrogen (secondary N) is 3. The molecule has 4 rings (SSSR count). The summed E-state index contributed by atoms with van der Waals surface area (Å²) >= 11 is 0. The average Bonchev–Trinajstić information content (AvgIpc) is 3.68. The lowest BCUT2D eigenvalue weighted by atomic mass is 9.90. The highest BCUT2D eigenvalue weighted by Gasteiger charge is 2.51. The Hall–Kier alpha value is -3.55. The van der Waals surface area contributed by atoms with E-state index in [1.807, 2.05) is 4.90 Å². The number of amides is 4. The van der Waals surface area contributed by atoms with Crippen molar-refractivity contribution in [1.82, 2.24) is 25.8 Å². The summed E-state index contributed by atoms with van der Waals surface area (Å²) in [5.41, 5.74) is -0.266. The van der Waals surface area contributed by atoms with Crippen molar-refractivity contribution in [2.45, 2.75) is 56.8 Å². The maximum atomic E-state index is 13.8. The fourth-order valence-corrected chi connectivity index (χ4v) is 5.34. The first-order chi connectivity index (χ1) is 20.5. The molecule has 3 heterocycles. The Morgan fingerprint density at radius 1 is 1.05 bits per heavy atom. The van der Waals surface area contributed by atoms with Gasteiger partial charge in [0.1, 0.15) is 23.4 Å². The third-order valence-corrected chi connectivity index (χ3v) is 8.26. The summed E-state index contributed by atoms with van der Waals surface area (Å²) in [7, 11) is 3.26. The molecule has 3 fully saturated rings. The van der Waals surface area contributed by atoms with Crippen LogP contribution in [0.15, 0.2) is 24.3 Å². The van der Waals surface area contributed by atoms with Gasteiger partial charge in [0, 0.05) is 43.3 Å². The van der Waals surface area contributed by atoms with Crippen molar-refractivity contribution in [1.29, 1.82) is 0 Å². The largest absolute Gasteiger partial charge is 0.497 e. The maximum absolute atomic E-state index is 13.8. The zero-order valence-corrected chi connectivity index (χ0v) is 25.4. The third kappa shape index (κ3) is 8.74. The van der Waals surface area contributed by atoms with E-state index in [0.29, 0.717) is 45.0 Å². The summed E-state index contributed by atoms with van der Waals surface area (Å²) in [6.07, 6.45) is 0.847. The van der Waals surface area contributed by atoms with Crippen LogP contribution in [0.2, 0.25) is 0 Å². The van der Waals surface area contributed by atoms with Gasteiger partial charge in [0.2, 0.25) is 23.6 Å². The first-order valence-corrected chi connectivity index (χ1v) is 14.8. The monoisotopic (exact) mass is 607 g/mol. The molecule has 1 aromatic carbocycles. The number of epoxide rings is 1. The van der Waals surface area contributed by atoms with Gasteiger partial charge in [-0.25, -0.2) is 0 Å². The van der Waals surface area contributed by atoms with E-state index in [1.54, 1.807) is 57.2 Å². The number of ether oxygens (including phenoxy) is 3. The van der Waals surface area contributed by atoms with Crippen LogP contribution < -0.4 is 20.7 Å². The van der Waals surface area contributed by atoms with E-state index in [9.17, 15) is 24.0 Å². The van der Waals surface area contributed by atoms with E-state index >= 15 is 0 Å². The number of morpholine rings is 1. The van der Waals surface area contributed by atoms with E-state index in [-0.39, 0.29) is 47.9 Å². The predicted octanol–water partition coefficient (Wildman–Crippen LogP) is 0.00860. The van der Waals surface area contributed by atoms with E-state index in [1.165, 1.54) is 0 Å². The number of ketones is 1. The number of methoxy groups -OCH3 is 1. The molecule has 3 saturated heterocycles. The molecule has 0 bridgehead atoms. The second-order valence-corrected chi connectivity index (χ2v) is 11.7. The van der Waals surface area contributed by atoms with Gasteiger partial charge >= 0.3 is 0 Å². The van der Waals surface area contributed by atoms with E-state index < -0.39 is 41.5 Å². The molecular weight excluding hydrogens is 558 g/mol. The fraction of sp³-hybridized carbons (Fsp3) is 0.633. The molecule has 1 aromatic rings. The number of carbonyl (C=O) groups excluding carboxylic acids is 5. The molecule has 3 N–H and O–H groups in total. The van der Waals surface area contributed by atoms with Crippen molar-refractivity contribution in [3.63, 3.8) is 0 Å². The second-order valence-electron chi connectivity index (χ2n) is 11.7. The highest BCUT2D eigenvalue weighted by Crippen LogP contribution is 2.31. The normalized spacial score (nSPS) is 24.0. The van der Waals surface area contributed by atoms with Crippen LogP contribution in [0.3, 0.4) is 0 Å². The molecule has 4 amide bonds. The lowest BCUT2D eigenvalue weighted by Crippen LogP contribution is -2.57. The first-order valence-electron chi connectivity index (χ1n) is 14.8. The summed E-state index contributed by atoms with van der Waals surface area (Å²) in [4.78, 5) is 69.1. The lowest BCUT2D eigenvalue weighted by molar-refractivity contribution is -0.135. The van der Waals surface area contributed by atoms with Crippen LogP contribution in [0.5, 0.6) is 5.75 Å². The fourth-order valence-electron chi connectivity index (χ4n) is 5.34. The Balaban J connectivity index is 0.00000353. The zero-order valence-electron chi connectivity index (χ0n) is 25.4. The Morgan fingerprint density at radius 3 is 2.28 bits per heavy atom. The number of Topliss-reactive ketones (excluding diaryl/α,β-unsaturated/α-hetero) is 1. The second kappa shape index (κ2) is 14.3. The van der Waals surface area contributed by atoms with Crippen LogP contribution in [0.25, 0.3) is 0 Å². The summed E-state index contributed by atoms with van der Waals surface area (Å²) in [5.74, 6) is -1.57. The van der Waals surface area contributed by atoms with Crippen molar-refractivity contribution in [3.8, 4) is 5.75 Å². The number of nitrogens with zero attached hydrogens (tertiary/aromatic N) is 2. The number of rotatable bonds is 14. The summed E-state index contributed by atoms with van der Waals surface area (Å²) in [6, 6.07) is 4.12. The Labute approximate surface area is 256 Å². The minimum absolute atomic E-state index is 0. The van der Waals surface area contributed by atoms with Crippen LogP contribution in [-0.4, -0.2) is 123 Å². The van der Waals surface area contributed by atoms with Gasteiger partial charge in [-0.15, -0.1) is 0 Å². The van der Waals surface area contributed by atoms with Crippen molar-refractivity contribution in [2.75, 3.05) is 60.2 Å². The van der Waals surface area contributed by atoms with Crippen molar-refractivity contribution >= 4 is 29.4 Å². The average molecular weight is 608 g/mol. The SMILES string of the molecule is COc1ccc(CC(NC(=O)C(C)NC(=O)CN2CCOCC2)C(=O)NC(CC2CCN(C)C2=O)C(=O)C2(C)CO2)cc1.[HH].[HH].[HH]. The molecule has 0 spiro atoms. The number of carbonyl (C=O) groups is 5. The van der Waals surface area contributed by atoms with Gasteiger partial charge in [-0.3, -0.25) is 28.9 Å². The topological polar surface area (TPSA) is 159 Å². The van der Waals surface area contributed by atoms with E-state index in [2.05, 4.69) is 16.0 Å². The van der Waals surface area contributed by atoms with Crippen molar-refractivity contribution in [2.24, 2.45) is 5.92 Å². The van der Waals surface area contributed by atoms with Crippen LogP contribution in [0.4, 0.5) is 0 Å². The van der Waals surface area contributed by atoms with Gasteiger partial charge in [-0.1, -0.05) is 12.1 Å². The van der Waals surface area contributed by atoms with E-state index in [4.69, 9.17) is 14.2 Å². The van der Waals surface area contributed by atoms with Gasteiger partial charge in [0.05, 0.1) is 39.5 Å². The third-order valence-electron chi connectivity index (χ3n) is 8.26. The molecule has 0 saturated carbocycles. The molecule has 13 heteroatoms. The molecule has 242 valence electrons. The van der Waals surface area contributed by atoms with Gasteiger partial charge in [0.15, 0.2) is 5.78 Å². The highest BCUT2D eigenvalue weighted by atomic mass is 16.6. The summed E-state index contributed by atoms with van der Waals surface area (Å²) < 4.78 is 15.9. The van der Waals surface area contributed by atoms with Gasteiger partial charge in [-0.05, 0) is 44.4 Å². The molecule has 0 aliphatic carbocycles. The molecule has 43 heavy (non-hydrogen) atoms. The first kappa shape index (κ1) is 32.4. The smallest absolute Gasteiger partial charge is 0.243 e. The number of hydrogen-bond acceptors (Lipinski definition) is 9. The predicted molar refractivity (Wildman–Crippen MR) is 161 cm³/mol. The molecule has 0 aromatic heterocycles. The molecule has 0 radical (unpaired) electrons. The van der Waals surface area contributed by atoms with Gasteiger partial charge in [-0.2, -0.15) is 0 Å². The minimum Gasteiger partial charge on any atom is -0.497 e. The number of benzene rings is 1. The number of likely N-dealkylation sites (tertiary alicyclic amines) is 1. The molecule has 3 aliphatic heterocycles. The van der Waals surface area contributed by atoms with Gasteiger partial charge in [0.25, 0.3) is 0 Å². The van der Waals surface area contributed by atoms with Crippen LogP contribution in [-0.2, 0) is 39.9 Å². The van der Waals surface area contributed by atoms with Gasteiger partial charge < -0.3 is 35.1 Å². The maximum Gasteiger partial charge on any atom is 0.243 e. The molecule has 5 atom stereocenters. The highest BCUT2D eigenvalue weighted by molar-refractivity contribution is 5.99. The van der Waals surface area contributed by atoms with Crippen LogP contribution in [0.1, 0.15) is 36.5 Å². The Kier molecular flexibility index (Phi) is 10.7. The molecular formula is C30H49N5O8. The molecule has 13 nitrogen and oxygen atoms in total. The van der Waals surface area contributed by atoms with Crippen molar-refractivity contribution in [3.05, 3.63) is 29.8 Å². The number of hydrogen-bond donors (Lipinski definition) is 3.